The van der Waals surface area contributed by atoms with Crippen molar-refractivity contribution < 1.29 is 4.79 Å². The molecule has 0 saturated carbocycles. The Morgan fingerprint density at radius 3 is 2.46 bits per heavy atom. The van der Waals surface area contributed by atoms with E-state index in [1.54, 1.807) is 6.20 Å². The zero-order valence-corrected chi connectivity index (χ0v) is 14.4. The maximum atomic E-state index is 12.8. The molecule has 0 spiro atoms. The molecule has 2 atom stereocenters. The fourth-order valence-corrected chi connectivity index (χ4v) is 3.52. The first kappa shape index (κ1) is 16.5. The molecule has 4 rings (SSSR count). The predicted molar refractivity (Wildman–Crippen MR) is 104 cm³/mol. The van der Waals surface area contributed by atoms with Gasteiger partial charge < -0.3 is 10.6 Å². The van der Waals surface area contributed by atoms with E-state index in [4.69, 9.17) is 0 Å². The van der Waals surface area contributed by atoms with Crippen LogP contribution in [0.2, 0.25) is 0 Å². The third-order valence-electron chi connectivity index (χ3n) is 4.93. The van der Waals surface area contributed by atoms with Gasteiger partial charge in [0.15, 0.2) is 0 Å². The summed E-state index contributed by atoms with van der Waals surface area (Å²) < 4.78 is 0. The Morgan fingerprint density at radius 1 is 0.923 bits per heavy atom. The summed E-state index contributed by atoms with van der Waals surface area (Å²) in [6.07, 6.45) is 3.60. The van der Waals surface area contributed by atoms with Gasteiger partial charge in [-0.2, -0.15) is 0 Å². The summed E-state index contributed by atoms with van der Waals surface area (Å²) in [4.78, 5) is 16.9. The van der Waals surface area contributed by atoms with Crippen LogP contribution in [0, 0.1) is 5.92 Å². The molecule has 3 aromatic rings. The van der Waals surface area contributed by atoms with Gasteiger partial charge in [0.05, 0.1) is 5.92 Å². The Bertz CT molecular complexity index is 863. The lowest BCUT2D eigenvalue weighted by Crippen LogP contribution is -2.28. The second-order valence-corrected chi connectivity index (χ2v) is 6.59. The van der Waals surface area contributed by atoms with Crippen LogP contribution in [0.15, 0.2) is 79.1 Å². The van der Waals surface area contributed by atoms with Gasteiger partial charge in [0.1, 0.15) is 0 Å². The van der Waals surface area contributed by atoms with Gasteiger partial charge in [0.25, 0.3) is 0 Å². The Morgan fingerprint density at radius 2 is 1.73 bits per heavy atom. The molecule has 1 saturated heterocycles. The summed E-state index contributed by atoms with van der Waals surface area (Å²) in [7, 11) is 0. The summed E-state index contributed by atoms with van der Waals surface area (Å²) in [5, 5.41) is 6.42. The summed E-state index contributed by atoms with van der Waals surface area (Å²) in [5.74, 6) is 0.222. The minimum atomic E-state index is -0.0598. The summed E-state index contributed by atoms with van der Waals surface area (Å²) >= 11 is 0. The van der Waals surface area contributed by atoms with Gasteiger partial charge in [-0.3, -0.25) is 9.78 Å². The minimum absolute atomic E-state index is 0.0598. The van der Waals surface area contributed by atoms with Crippen molar-refractivity contribution in [3.63, 3.8) is 0 Å². The summed E-state index contributed by atoms with van der Waals surface area (Å²) in [6, 6.07) is 22.1. The van der Waals surface area contributed by atoms with E-state index in [0.29, 0.717) is 6.54 Å². The highest BCUT2D eigenvalue weighted by atomic mass is 16.1. The first-order valence-corrected chi connectivity index (χ1v) is 8.88. The zero-order chi connectivity index (χ0) is 17.8. The maximum absolute atomic E-state index is 12.8. The maximum Gasteiger partial charge on any atom is 0.229 e. The molecule has 4 nitrogen and oxygen atoms in total. The van der Waals surface area contributed by atoms with Crippen LogP contribution in [0.5, 0.6) is 0 Å². The molecule has 1 aliphatic heterocycles. The van der Waals surface area contributed by atoms with Gasteiger partial charge >= 0.3 is 0 Å². The first-order chi connectivity index (χ1) is 12.8. The molecule has 4 heteroatoms. The van der Waals surface area contributed by atoms with Gasteiger partial charge in [-0.05, 0) is 34.9 Å². The van der Waals surface area contributed by atoms with E-state index in [2.05, 4.69) is 27.8 Å². The highest BCUT2D eigenvalue weighted by molar-refractivity contribution is 5.93. The molecule has 1 aromatic heterocycles. The Labute approximate surface area is 153 Å². The van der Waals surface area contributed by atoms with E-state index in [1.165, 1.54) is 5.56 Å². The molecular formula is C22H21N3O. The summed E-state index contributed by atoms with van der Waals surface area (Å²) in [5.41, 5.74) is 4.18. The van der Waals surface area contributed by atoms with Crippen molar-refractivity contribution in [2.75, 3.05) is 18.4 Å². The number of hydrogen-bond donors (Lipinski definition) is 2. The number of nitrogens with one attached hydrogen (secondary N) is 2. The highest BCUT2D eigenvalue weighted by Crippen LogP contribution is 2.29. The van der Waals surface area contributed by atoms with Crippen LogP contribution in [-0.4, -0.2) is 24.0 Å². The number of pyridine rings is 1. The van der Waals surface area contributed by atoms with Gasteiger partial charge in [-0.15, -0.1) is 0 Å². The summed E-state index contributed by atoms with van der Waals surface area (Å²) in [6.45, 7) is 1.54. The van der Waals surface area contributed by atoms with E-state index >= 15 is 0 Å². The second-order valence-electron chi connectivity index (χ2n) is 6.59. The van der Waals surface area contributed by atoms with Crippen LogP contribution in [0.1, 0.15) is 11.5 Å². The normalized spacial score (nSPS) is 19.2. The lowest BCUT2D eigenvalue weighted by atomic mass is 9.88. The third-order valence-corrected chi connectivity index (χ3v) is 4.93. The number of anilines is 1. The van der Waals surface area contributed by atoms with E-state index in [9.17, 15) is 4.79 Å². The molecule has 1 fully saturated rings. The Kier molecular flexibility index (Phi) is 4.75. The molecule has 2 N–H and O–H groups in total. The SMILES string of the molecule is O=C(Nc1ccc(-c2cccnc2)cc1)C1CNCC1c1ccccc1. The lowest BCUT2D eigenvalue weighted by Gasteiger charge is -2.18. The quantitative estimate of drug-likeness (QED) is 0.760. The van der Waals surface area contributed by atoms with Crippen molar-refractivity contribution in [2.45, 2.75) is 5.92 Å². The fraction of sp³-hybridized carbons (Fsp3) is 0.182. The van der Waals surface area contributed by atoms with Crippen LogP contribution in [0.4, 0.5) is 5.69 Å². The van der Waals surface area contributed by atoms with Crippen LogP contribution in [0.3, 0.4) is 0 Å². The number of nitrogens with zero attached hydrogens (tertiary/aromatic N) is 1. The Balaban J connectivity index is 1.46. The van der Waals surface area contributed by atoms with Crippen molar-refractivity contribution in [1.29, 1.82) is 0 Å². The fourth-order valence-electron chi connectivity index (χ4n) is 3.52. The molecule has 2 aromatic carbocycles. The van der Waals surface area contributed by atoms with Gasteiger partial charge in [-0.25, -0.2) is 0 Å². The van der Waals surface area contributed by atoms with E-state index in [1.807, 2.05) is 60.8 Å². The van der Waals surface area contributed by atoms with E-state index < -0.39 is 0 Å². The first-order valence-electron chi connectivity index (χ1n) is 8.88. The molecule has 130 valence electrons. The minimum Gasteiger partial charge on any atom is -0.326 e. The monoisotopic (exact) mass is 343 g/mol. The number of rotatable bonds is 4. The molecular weight excluding hydrogens is 322 g/mol. The van der Waals surface area contributed by atoms with Gasteiger partial charge in [0.2, 0.25) is 5.91 Å². The lowest BCUT2D eigenvalue weighted by molar-refractivity contribution is -0.119. The topological polar surface area (TPSA) is 54.0 Å². The van der Waals surface area contributed by atoms with Crippen LogP contribution in [0.25, 0.3) is 11.1 Å². The average molecular weight is 343 g/mol. The number of benzene rings is 2. The molecule has 2 unspecified atom stereocenters. The number of carbonyl (C=O) groups excluding carboxylic acids is 1. The highest BCUT2D eigenvalue weighted by Gasteiger charge is 2.33. The molecule has 26 heavy (non-hydrogen) atoms. The molecule has 1 amide bonds. The zero-order valence-electron chi connectivity index (χ0n) is 14.4. The van der Waals surface area contributed by atoms with Gasteiger partial charge in [0, 0.05) is 37.1 Å². The number of carbonyl (C=O) groups is 1. The molecule has 2 heterocycles. The number of hydrogen-bond acceptors (Lipinski definition) is 3. The van der Waals surface area contributed by atoms with E-state index in [0.717, 1.165) is 23.4 Å². The van der Waals surface area contributed by atoms with Crippen LogP contribution < -0.4 is 10.6 Å². The van der Waals surface area contributed by atoms with Crippen molar-refractivity contribution in [1.82, 2.24) is 10.3 Å². The van der Waals surface area contributed by atoms with Crippen LogP contribution in [-0.2, 0) is 4.79 Å². The molecule has 0 radical (unpaired) electrons. The average Bonchev–Trinajstić information content (AvgIpc) is 3.20. The smallest absolute Gasteiger partial charge is 0.229 e. The van der Waals surface area contributed by atoms with Gasteiger partial charge in [-0.1, -0.05) is 48.5 Å². The Hall–Kier alpha value is -2.98. The number of aromatic nitrogens is 1. The van der Waals surface area contributed by atoms with Crippen molar-refractivity contribution in [3.8, 4) is 11.1 Å². The van der Waals surface area contributed by atoms with Crippen molar-refractivity contribution in [2.24, 2.45) is 5.92 Å². The number of amides is 1. The van der Waals surface area contributed by atoms with Crippen molar-refractivity contribution in [3.05, 3.63) is 84.7 Å². The largest absolute Gasteiger partial charge is 0.326 e. The van der Waals surface area contributed by atoms with Crippen molar-refractivity contribution >= 4 is 11.6 Å². The van der Waals surface area contributed by atoms with Crippen LogP contribution >= 0.6 is 0 Å². The third kappa shape index (κ3) is 3.51. The molecule has 1 aliphatic rings. The predicted octanol–water partition coefficient (Wildman–Crippen LogP) is 3.69. The molecule has 0 bridgehead atoms. The van der Waals surface area contributed by atoms with E-state index in [-0.39, 0.29) is 17.7 Å². The molecule has 0 aliphatic carbocycles. The standard InChI is InChI=1S/C22H21N3O/c26-22(21-15-24-14-20(21)17-5-2-1-3-6-17)25-19-10-8-16(9-11-19)18-7-4-12-23-13-18/h1-13,20-21,24H,14-15H2,(H,25,26). The second kappa shape index (κ2) is 7.50.